The summed E-state index contributed by atoms with van der Waals surface area (Å²) in [5.41, 5.74) is 2.38. The van der Waals surface area contributed by atoms with Crippen molar-refractivity contribution in [3.05, 3.63) is 59.7 Å². The third kappa shape index (κ3) is 4.58. The highest BCUT2D eigenvalue weighted by atomic mass is 32.2. The fraction of sp³-hybridized carbons (Fsp3) is 0.211. The van der Waals surface area contributed by atoms with E-state index in [9.17, 15) is 13.2 Å². The van der Waals surface area contributed by atoms with Gasteiger partial charge in [-0.2, -0.15) is 0 Å². The second kappa shape index (κ2) is 7.98. The number of carbonyl (C=O) groups is 1. The molecule has 1 aromatic carbocycles. The van der Waals surface area contributed by atoms with Crippen LogP contribution in [0.25, 0.3) is 11.3 Å². The second-order valence-electron chi connectivity index (χ2n) is 6.24. The zero-order valence-corrected chi connectivity index (χ0v) is 16.5. The largest absolute Gasteiger partial charge is 0.302 e. The van der Waals surface area contributed by atoms with Crippen LogP contribution in [0.15, 0.2) is 59.1 Å². The Morgan fingerprint density at radius 2 is 1.93 bits per heavy atom. The molecule has 3 aromatic rings. The SMILES string of the molecule is CC(C)S(=O)(=O)c1ccc(CC(=O)Nc2nc(-c3cccnc3)cs2)cc1. The van der Waals surface area contributed by atoms with Gasteiger partial charge in [-0.25, -0.2) is 13.4 Å². The van der Waals surface area contributed by atoms with E-state index in [2.05, 4.69) is 15.3 Å². The number of hydrogen-bond donors (Lipinski definition) is 1. The molecule has 1 N–H and O–H groups in total. The quantitative estimate of drug-likeness (QED) is 0.682. The number of hydrogen-bond acceptors (Lipinski definition) is 6. The van der Waals surface area contributed by atoms with Crippen molar-refractivity contribution in [1.29, 1.82) is 0 Å². The van der Waals surface area contributed by atoms with Crippen molar-refractivity contribution < 1.29 is 13.2 Å². The van der Waals surface area contributed by atoms with Crippen molar-refractivity contribution in [3.63, 3.8) is 0 Å². The van der Waals surface area contributed by atoms with Gasteiger partial charge in [0.15, 0.2) is 15.0 Å². The number of rotatable bonds is 6. The summed E-state index contributed by atoms with van der Waals surface area (Å²) in [6.45, 7) is 3.29. The van der Waals surface area contributed by atoms with Gasteiger partial charge in [-0.1, -0.05) is 12.1 Å². The minimum Gasteiger partial charge on any atom is -0.302 e. The first-order chi connectivity index (χ1) is 12.9. The molecule has 0 fully saturated rings. The molecular formula is C19H19N3O3S2. The van der Waals surface area contributed by atoms with Crippen LogP contribution in [0.2, 0.25) is 0 Å². The lowest BCUT2D eigenvalue weighted by molar-refractivity contribution is -0.115. The van der Waals surface area contributed by atoms with E-state index in [1.165, 1.54) is 11.3 Å². The summed E-state index contributed by atoms with van der Waals surface area (Å²) in [5, 5.41) is 4.66. The maximum atomic E-state index is 12.2. The lowest BCUT2D eigenvalue weighted by Gasteiger charge is -2.08. The molecule has 0 atom stereocenters. The molecule has 0 spiro atoms. The van der Waals surface area contributed by atoms with Crippen LogP contribution < -0.4 is 5.32 Å². The summed E-state index contributed by atoms with van der Waals surface area (Å²) in [5.74, 6) is -0.207. The Balaban J connectivity index is 1.64. The van der Waals surface area contributed by atoms with Crippen LogP contribution in [0.4, 0.5) is 5.13 Å². The molecule has 0 radical (unpaired) electrons. The summed E-state index contributed by atoms with van der Waals surface area (Å²) in [7, 11) is -3.31. The normalized spacial score (nSPS) is 11.5. The Bertz CT molecular complexity index is 1030. The average Bonchev–Trinajstić information content (AvgIpc) is 3.11. The summed E-state index contributed by atoms with van der Waals surface area (Å²) < 4.78 is 24.3. The van der Waals surface area contributed by atoms with Gasteiger partial charge in [0.05, 0.1) is 22.3 Å². The van der Waals surface area contributed by atoms with Crippen LogP contribution in [-0.4, -0.2) is 29.5 Å². The molecule has 0 saturated carbocycles. The van der Waals surface area contributed by atoms with E-state index in [4.69, 9.17) is 0 Å². The lowest BCUT2D eigenvalue weighted by atomic mass is 10.1. The molecule has 6 nitrogen and oxygen atoms in total. The first-order valence-corrected chi connectivity index (χ1v) is 10.8. The topological polar surface area (TPSA) is 89.0 Å². The number of aromatic nitrogens is 2. The molecule has 2 aromatic heterocycles. The molecule has 0 aliphatic carbocycles. The van der Waals surface area contributed by atoms with Crippen molar-refractivity contribution in [2.75, 3.05) is 5.32 Å². The minimum absolute atomic E-state index is 0.143. The molecule has 0 saturated heterocycles. The van der Waals surface area contributed by atoms with Crippen LogP contribution in [0, 0.1) is 0 Å². The fourth-order valence-electron chi connectivity index (χ4n) is 2.40. The first-order valence-electron chi connectivity index (χ1n) is 8.35. The van der Waals surface area contributed by atoms with Crippen LogP contribution >= 0.6 is 11.3 Å². The highest BCUT2D eigenvalue weighted by molar-refractivity contribution is 7.92. The zero-order chi connectivity index (χ0) is 19.4. The molecule has 2 heterocycles. The van der Waals surface area contributed by atoms with Gasteiger partial charge in [0.25, 0.3) is 0 Å². The van der Waals surface area contributed by atoms with Crippen molar-refractivity contribution in [2.24, 2.45) is 0 Å². The number of pyridine rings is 1. The Kier molecular flexibility index (Phi) is 5.67. The van der Waals surface area contributed by atoms with Crippen LogP contribution in [0.5, 0.6) is 0 Å². The number of nitrogens with zero attached hydrogens (tertiary/aromatic N) is 2. The van der Waals surface area contributed by atoms with Gasteiger partial charge in [0.2, 0.25) is 5.91 Å². The van der Waals surface area contributed by atoms with E-state index in [-0.39, 0.29) is 17.2 Å². The van der Waals surface area contributed by atoms with Gasteiger partial charge in [0.1, 0.15) is 0 Å². The van der Waals surface area contributed by atoms with E-state index >= 15 is 0 Å². The van der Waals surface area contributed by atoms with Gasteiger partial charge in [-0.05, 0) is 43.7 Å². The van der Waals surface area contributed by atoms with Gasteiger partial charge >= 0.3 is 0 Å². The van der Waals surface area contributed by atoms with Crippen molar-refractivity contribution >= 4 is 32.2 Å². The summed E-state index contributed by atoms with van der Waals surface area (Å²) in [6.07, 6.45) is 3.55. The van der Waals surface area contributed by atoms with E-state index in [0.29, 0.717) is 5.13 Å². The highest BCUT2D eigenvalue weighted by Gasteiger charge is 2.19. The van der Waals surface area contributed by atoms with Crippen LogP contribution in [0.1, 0.15) is 19.4 Å². The summed E-state index contributed by atoms with van der Waals surface area (Å²) in [6, 6.07) is 10.1. The Hall–Kier alpha value is -2.58. The number of anilines is 1. The summed E-state index contributed by atoms with van der Waals surface area (Å²) >= 11 is 1.34. The van der Waals surface area contributed by atoms with Crippen LogP contribution in [-0.2, 0) is 21.1 Å². The maximum absolute atomic E-state index is 12.2. The molecule has 27 heavy (non-hydrogen) atoms. The zero-order valence-electron chi connectivity index (χ0n) is 14.9. The predicted molar refractivity (Wildman–Crippen MR) is 106 cm³/mol. The number of amides is 1. The van der Waals surface area contributed by atoms with Crippen LogP contribution in [0.3, 0.4) is 0 Å². The third-order valence-electron chi connectivity index (χ3n) is 3.95. The Labute approximate surface area is 162 Å². The standard InChI is InChI=1S/C19H19N3O3S2/c1-13(2)27(24,25)16-7-5-14(6-8-16)10-18(23)22-19-21-17(12-26-19)15-4-3-9-20-11-15/h3-9,11-13H,10H2,1-2H3,(H,21,22,23). The number of benzene rings is 1. The molecule has 140 valence electrons. The Morgan fingerprint density at radius 3 is 2.56 bits per heavy atom. The number of nitrogens with one attached hydrogen (secondary N) is 1. The molecule has 0 aliphatic rings. The van der Waals surface area contributed by atoms with Gasteiger partial charge in [0, 0.05) is 23.3 Å². The molecule has 1 amide bonds. The number of carbonyl (C=O) groups excluding carboxylic acids is 1. The smallest absolute Gasteiger partial charge is 0.230 e. The second-order valence-corrected chi connectivity index (χ2v) is 9.60. The molecule has 3 rings (SSSR count). The van der Waals surface area contributed by atoms with E-state index < -0.39 is 15.1 Å². The Morgan fingerprint density at radius 1 is 1.19 bits per heavy atom. The fourth-order valence-corrected chi connectivity index (χ4v) is 4.19. The van der Waals surface area contributed by atoms with Gasteiger partial charge < -0.3 is 5.32 Å². The third-order valence-corrected chi connectivity index (χ3v) is 6.87. The molecule has 0 aliphatic heterocycles. The molecule has 0 unspecified atom stereocenters. The van der Waals surface area contributed by atoms with Crippen molar-refractivity contribution in [3.8, 4) is 11.3 Å². The monoisotopic (exact) mass is 401 g/mol. The van der Waals surface area contributed by atoms with E-state index in [1.807, 2.05) is 17.5 Å². The predicted octanol–water partition coefficient (Wildman–Crippen LogP) is 3.57. The summed E-state index contributed by atoms with van der Waals surface area (Å²) in [4.78, 5) is 21.0. The van der Waals surface area contributed by atoms with Gasteiger partial charge in [-0.15, -0.1) is 11.3 Å². The molecule has 8 heteroatoms. The minimum atomic E-state index is -3.31. The van der Waals surface area contributed by atoms with Crippen molar-refractivity contribution in [1.82, 2.24) is 9.97 Å². The lowest BCUT2D eigenvalue weighted by Crippen LogP contribution is -2.15. The maximum Gasteiger partial charge on any atom is 0.230 e. The molecular weight excluding hydrogens is 382 g/mol. The van der Waals surface area contributed by atoms with Gasteiger partial charge in [-0.3, -0.25) is 9.78 Å². The van der Waals surface area contributed by atoms with Crippen molar-refractivity contribution in [2.45, 2.75) is 30.4 Å². The number of thiazole rings is 1. The van der Waals surface area contributed by atoms with E-state index in [0.717, 1.165) is 16.8 Å². The average molecular weight is 402 g/mol. The van der Waals surface area contributed by atoms with E-state index in [1.54, 1.807) is 50.5 Å². The number of sulfone groups is 1. The molecule has 0 bridgehead atoms. The first kappa shape index (κ1) is 19.2. The highest BCUT2D eigenvalue weighted by Crippen LogP contribution is 2.24.